The van der Waals surface area contributed by atoms with Gasteiger partial charge in [-0.15, -0.1) is 0 Å². The Morgan fingerprint density at radius 1 is 1.33 bits per heavy atom. The van der Waals surface area contributed by atoms with Gasteiger partial charge in [0, 0.05) is 17.4 Å². The van der Waals surface area contributed by atoms with E-state index in [9.17, 15) is 8.42 Å². The number of fused-ring (bicyclic) bond motifs is 1. The molecule has 1 aromatic rings. The molecule has 0 bridgehead atoms. The highest BCUT2D eigenvalue weighted by molar-refractivity contribution is 7.91. The van der Waals surface area contributed by atoms with Crippen LogP contribution in [0.2, 0.25) is 0 Å². The fourth-order valence-corrected chi connectivity index (χ4v) is 6.49. The first-order chi connectivity index (χ1) is 9.53. The van der Waals surface area contributed by atoms with E-state index in [2.05, 4.69) is 38.3 Å². The van der Waals surface area contributed by atoms with E-state index >= 15 is 0 Å². The molecule has 1 aromatic heterocycles. The van der Waals surface area contributed by atoms with Gasteiger partial charge in [-0.05, 0) is 50.2 Å². The van der Waals surface area contributed by atoms with Crippen LogP contribution in [0.5, 0.6) is 0 Å². The smallest absolute Gasteiger partial charge is 0.152 e. The largest absolute Gasteiger partial charge is 0.342 e. The molecule has 1 aliphatic carbocycles. The molecule has 0 radical (unpaired) electrons. The van der Waals surface area contributed by atoms with Gasteiger partial charge in [-0.1, -0.05) is 13.8 Å². The van der Waals surface area contributed by atoms with Crippen LogP contribution in [0.1, 0.15) is 56.6 Å². The molecular formula is C16H26N2O2S. The maximum Gasteiger partial charge on any atom is 0.152 e. The molecule has 2 N–H and O–H groups in total. The van der Waals surface area contributed by atoms with Crippen LogP contribution in [-0.4, -0.2) is 24.5 Å². The highest BCUT2D eigenvalue weighted by atomic mass is 32.2. The highest BCUT2D eigenvalue weighted by Gasteiger charge is 2.44. The summed E-state index contributed by atoms with van der Waals surface area (Å²) in [6.45, 7) is 8.65. The number of aromatic nitrogens is 1. The van der Waals surface area contributed by atoms with Gasteiger partial charge in [-0.25, -0.2) is 8.42 Å². The fraction of sp³-hybridized carbons (Fsp3) is 0.750. The van der Waals surface area contributed by atoms with Crippen LogP contribution >= 0.6 is 0 Å². The van der Waals surface area contributed by atoms with Crippen LogP contribution in [0, 0.1) is 12.3 Å². The van der Waals surface area contributed by atoms with E-state index in [0.29, 0.717) is 12.2 Å². The third-order valence-corrected chi connectivity index (χ3v) is 7.05. The van der Waals surface area contributed by atoms with Crippen LogP contribution in [0.25, 0.3) is 0 Å². The predicted octanol–water partition coefficient (Wildman–Crippen LogP) is 2.30. The molecule has 1 aliphatic heterocycles. The summed E-state index contributed by atoms with van der Waals surface area (Å²) in [7, 11) is -2.92. The van der Waals surface area contributed by atoms with Gasteiger partial charge < -0.3 is 10.3 Å². The zero-order valence-electron chi connectivity index (χ0n) is 13.4. The lowest BCUT2D eigenvalue weighted by Crippen LogP contribution is -2.37. The molecule has 0 saturated carbocycles. The monoisotopic (exact) mass is 310 g/mol. The summed E-state index contributed by atoms with van der Waals surface area (Å²) in [5.74, 6) is 0.545. The number of rotatable bonds is 1. The van der Waals surface area contributed by atoms with Crippen LogP contribution in [0.3, 0.4) is 0 Å². The van der Waals surface area contributed by atoms with Gasteiger partial charge in [0.2, 0.25) is 0 Å². The van der Waals surface area contributed by atoms with Crippen molar-refractivity contribution < 1.29 is 8.42 Å². The average Bonchev–Trinajstić information content (AvgIpc) is 2.75. The number of sulfone groups is 1. The van der Waals surface area contributed by atoms with Gasteiger partial charge in [0.1, 0.15) is 0 Å². The summed E-state index contributed by atoms with van der Waals surface area (Å²) in [5, 5.41) is 0. The van der Waals surface area contributed by atoms with E-state index in [-0.39, 0.29) is 22.7 Å². The van der Waals surface area contributed by atoms with E-state index in [1.165, 1.54) is 11.3 Å². The second kappa shape index (κ2) is 4.35. The average molecular weight is 310 g/mol. The molecule has 2 atom stereocenters. The molecule has 118 valence electrons. The van der Waals surface area contributed by atoms with Crippen molar-refractivity contribution in [1.29, 1.82) is 0 Å². The maximum absolute atomic E-state index is 12.0. The lowest BCUT2D eigenvalue weighted by Gasteiger charge is -2.37. The van der Waals surface area contributed by atoms with E-state index in [1.54, 1.807) is 0 Å². The van der Waals surface area contributed by atoms with E-state index in [4.69, 9.17) is 5.73 Å². The minimum absolute atomic E-state index is 0.0605. The van der Waals surface area contributed by atoms with Crippen molar-refractivity contribution in [3.8, 4) is 0 Å². The van der Waals surface area contributed by atoms with Crippen molar-refractivity contribution in [2.24, 2.45) is 11.1 Å². The molecule has 2 unspecified atom stereocenters. The standard InChI is InChI=1S/C16H26N2O2S/c1-11-7-12-13(17)8-15(2,3)9-14(12)18(11)16(4)5-6-21(19,20)10-16/h7,13H,5-6,8-10,17H2,1-4H3. The SMILES string of the molecule is Cc1cc2c(n1C1(C)CCS(=O)(=O)C1)CC(C)(C)CC2N. The number of nitrogens with two attached hydrogens (primary N) is 1. The van der Waals surface area contributed by atoms with Crippen molar-refractivity contribution in [2.45, 2.75) is 58.5 Å². The van der Waals surface area contributed by atoms with Gasteiger partial charge in [0.15, 0.2) is 9.84 Å². The lowest BCUT2D eigenvalue weighted by atomic mass is 9.74. The Kier molecular flexibility index (Phi) is 3.13. The Bertz CT molecular complexity index is 687. The molecule has 21 heavy (non-hydrogen) atoms. The molecule has 0 amide bonds. The van der Waals surface area contributed by atoms with Gasteiger partial charge in [-0.3, -0.25) is 0 Å². The van der Waals surface area contributed by atoms with Crippen LogP contribution in [-0.2, 0) is 21.8 Å². The zero-order valence-corrected chi connectivity index (χ0v) is 14.3. The van der Waals surface area contributed by atoms with Crippen molar-refractivity contribution in [1.82, 2.24) is 4.57 Å². The van der Waals surface area contributed by atoms with Crippen molar-refractivity contribution in [2.75, 3.05) is 11.5 Å². The number of nitrogens with zero attached hydrogens (tertiary/aromatic N) is 1. The van der Waals surface area contributed by atoms with Crippen LogP contribution in [0.4, 0.5) is 0 Å². The summed E-state index contributed by atoms with van der Waals surface area (Å²) in [6, 6.07) is 2.23. The van der Waals surface area contributed by atoms with Gasteiger partial charge in [-0.2, -0.15) is 0 Å². The first kappa shape index (κ1) is 15.1. The van der Waals surface area contributed by atoms with E-state index in [0.717, 1.165) is 18.5 Å². The minimum atomic E-state index is -2.92. The van der Waals surface area contributed by atoms with Crippen LogP contribution in [0.15, 0.2) is 6.07 Å². The summed E-state index contributed by atoms with van der Waals surface area (Å²) in [5.41, 5.74) is 9.85. The first-order valence-electron chi connectivity index (χ1n) is 7.71. The molecule has 0 spiro atoms. The maximum atomic E-state index is 12.0. The molecule has 2 aliphatic rings. The van der Waals surface area contributed by atoms with Crippen molar-refractivity contribution in [3.63, 3.8) is 0 Å². The zero-order chi connectivity index (χ0) is 15.6. The highest BCUT2D eigenvalue weighted by Crippen LogP contribution is 2.44. The molecule has 1 saturated heterocycles. The molecule has 2 heterocycles. The number of hydrogen-bond donors (Lipinski definition) is 1. The molecule has 3 rings (SSSR count). The van der Waals surface area contributed by atoms with E-state index in [1.807, 2.05) is 0 Å². The summed E-state index contributed by atoms with van der Waals surface area (Å²) < 4.78 is 26.2. The Morgan fingerprint density at radius 2 is 2.00 bits per heavy atom. The summed E-state index contributed by atoms with van der Waals surface area (Å²) in [4.78, 5) is 0. The second-order valence-corrected chi connectivity index (χ2v) is 10.2. The van der Waals surface area contributed by atoms with Crippen LogP contribution < -0.4 is 5.73 Å². The summed E-state index contributed by atoms with van der Waals surface area (Å²) in [6.07, 6.45) is 2.66. The lowest BCUT2D eigenvalue weighted by molar-refractivity contribution is 0.258. The Morgan fingerprint density at radius 3 is 2.57 bits per heavy atom. The predicted molar refractivity (Wildman–Crippen MR) is 85.1 cm³/mol. The molecule has 4 nitrogen and oxygen atoms in total. The normalized spacial score (nSPS) is 33.9. The second-order valence-electron chi connectivity index (χ2n) is 8.01. The molecule has 1 fully saturated rings. The van der Waals surface area contributed by atoms with Crippen molar-refractivity contribution in [3.05, 3.63) is 23.0 Å². The first-order valence-corrected chi connectivity index (χ1v) is 9.53. The van der Waals surface area contributed by atoms with Crippen molar-refractivity contribution >= 4 is 9.84 Å². The Balaban J connectivity index is 2.14. The number of aryl methyl sites for hydroxylation is 1. The third kappa shape index (κ3) is 2.44. The quantitative estimate of drug-likeness (QED) is 0.865. The minimum Gasteiger partial charge on any atom is -0.342 e. The van der Waals surface area contributed by atoms with E-state index < -0.39 is 9.84 Å². The van der Waals surface area contributed by atoms with Gasteiger partial charge >= 0.3 is 0 Å². The number of hydrogen-bond acceptors (Lipinski definition) is 3. The summed E-state index contributed by atoms with van der Waals surface area (Å²) >= 11 is 0. The van der Waals surface area contributed by atoms with Gasteiger partial charge in [0.05, 0.1) is 17.0 Å². The van der Waals surface area contributed by atoms with Gasteiger partial charge in [0.25, 0.3) is 0 Å². The molecular weight excluding hydrogens is 284 g/mol. The Hall–Kier alpha value is -0.810. The third-order valence-electron chi connectivity index (χ3n) is 5.16. The molecule has 5 heteroatoms. The Labute approximate surface area is 127 Å². The topological polar surface area (TPSA) is 65.1 Å². The molecule has 0 aromatic carbocycles. The fourth-order valence-electron chi connectivity index (χ4n) is 4.37.